The zero-order valence-electron chi connectivity index (χ0n) is 11.1. The lowest BCUT2D eigenvalue weighted by molar-refractivity contribution is 0.172. The summed E-state index contributed by atoms with van der Waals surface area (Å²) in [7, 11) is 1.68. The van der Waals surface area contributed by atoms with Gasteiger partial charge in [-0.3, -0.25) is 0 Å². The van der Waals surface area contributed by atoms with Gasteiger partial charge in [-0.2, -0.15) is 0 Å². The number of hydrogen-bond donors (Lipinski definition) is 0. The molecule has 1 aliphatic heterocycles. The molecular formula is C16H16O3. The molecule has 1 heterocycles. The van der Waals surface area contributed by atoms with Gasteiger partial charge in [0, 0.05) is 11.1 Å². The molecule has 98 valence electrons. The predicted molar refractivity (Wildman–Crippen MR) is 74.2 cm³/mol. The van der Waals surface area contributed by atoms with Crippen LogP contribution in [-0.4, -0.2) is 20.3 Å². The Balaban J connectivity index is 2.21. The summed E-state index contributed by atoms with van der Waals surface area (Å²) >= 11 is 0. The number of para-hydroxylation sites is 1. The van der Waals surface area contributed by atoms with Gasteiger partial charge in [-0.25, -0.2) is 0 Å². The van der Waals surface area contributed by atoms with Crippen LogP contribution >= 0.6 is 0 Å². The van der Waals surface area contributed by atoms with E-state index in [4.69, 9.17) is 14.2 Å². The second-order valence-electron chi connectivity index (χ2n) is 4.54. The molecule has 3 nitrogen and oxygen atoms in total. The fourth-order valence-electron chi connectivity index (χ4n) is 2.36. The van der Waals surface area contributed by atoms with Gasteiger partial charge < -0.3 is 14.2 Å². The van der Waals surface area contributed by atoms with Crippen LogP contribution in [0.25, 0.3) is 11.1 Å². The number of fused-ring (bicyclic) bond motifs is 1. The Morgan fingerprint density at radius 2 is 1.79 bits per heavy atom. The molecule has 0 aromatic heterocycles. The second-order valence-corrected chi connectivity index (χ2v) is 4.54. The molecule has 0 unspecified atom stereocenters. The smallest absolute Gasteiger partial charge is 0.169 e. The van der Waals surface area contributed by atoms with Gasteiger partial charge in [0.15, 0.2) is 11.5 Å². The van der Waals surface area contributed by atoms with Crippen molar-refractivity contribution in [2.45, 2.75) is 6.92 Å². The average molecular weight is 256 g/mol. The number of rotatable bonds is 2. The molecule has 19 heavy (non-hydrogen) atoms. The first-order chi connectivity index (χ1) is 9.29. The van der Waals surface area contributed by atoms with Gasteiger partial charge in [-0.15, -0.1) is 0 Å². The number of benzene rings is 2. The molecule has 0 amide bonds. The minimum absolute atomic E-state index is 0.582. The third-order valence-corrected chi connectivity index (χ3v) is 3.18. The Morgan fingerprint density at radius 3 is 2.63 bits per heavy atom. The summed E-state index contributed by atoms with van der Waals surface area (Å²) < 4.78 is 16.9. The second kappa shape index (κ2) is 4.84. The third-order valence-electron chi connectivity index (χ3n) is 3.18. The van der Waals surface area contributed by atoms with Crippen LogP contribution in [0.5, 0.6) is 17.2 Å². The van der Waals surface area contributed by atoms with Gasteiger partial charge in [0.05, 0.1) is 7.11 Å². The van der Waals surface area contributed by atoms with E-state index in [0.29, 0.717) is 13.2 Å². The predicted octanol–water partition coefficient (Wildman–Crippen LogP) is 3.44. The summed E-state index contributed by atoms with van der Waals surface area (Å²) in [5.41, 5.74) is 3.19. The first kappa shape index (κ1) is 11.9. The maximum Gasteiger partial charge on any atom is 0.169 e. The summed E-state index contributed by atoms with van der Waals surface area (Å²) in [6, 6.07) is 12.1. The normalized spacial score (nSPS) is 13.2. The Bertz CT molecular complexity index is 605. The zero-order chi connectivity index (χ0) is 13.2. The Morgan fingerprint density at radius 1 is 1.00 bits per heavy atom. The first-order valence-electron chi connectivity index (χ1n) is 6.33. The molecule has 2 aromatic rings. The highest BCUT2D eigenvalue weighted by molar-refractivity contribution is 5.79. The van der Waals surface area contributed by atoms with Crippen molar-refractivity contribution in [1.29, 1.82) is 0 Å². The van der Waals surface area contributed by atoms with E-state index in [1.54, 1.807) is 7.11 Å². The van der Waals surface area contributed by atoms with E-state index >= 15 is 0 Å². The van der Waals surface area contributed by atoms with E-state index in [9.17, 15) is 0 Å². The summed E-state index contributed by atoms with van der Waals surface area (Å²) in [6.45, 7) is 3.23. The maximum absolute atomic E-state index is 5.78. The van der Waals surface area contributed by atoms with Crippen LogP contribution in [0.4, 0.5) is 0 Å². The number of hydrogen-bond acceptors (Lipinski definition) is 3. The number of methoxy groups -OCH3 is 1. The Kier molecular flexibility index (Phi) is 3.03. The maximum atomic E-state index is 5.78. The summed E-state index contributed by atoms with van der Waals surface area (Å²) in [5.74, 6) is 2.46. The fraction of sp³-hybridized carbons (Fsp3) is 0.250. The van der Waals surface area contributed by atoms with Crippen LogP contribution in [0.15, 0.2) is 36.4 Å². The van der Waals surface area contributed by atoms with Crippen molar-refractivity contribution >= 4 is 0 Å². The van der Waals surface area contributed by atoms with Crippen molar-refractivity contribution < 1.29 is 14.2 Å². The van der Waals surface area contributed by atoms with E-state index in [-0.39, 0.29) is 0 Å². The monoisotopic (exact) mass is 256 g/mol. The van der Waals surface area contributed by atoms with E-state index < -0.39 is 0 Å². The highest BCUT2D eigenvalue weighted by Crippen LogP contribution is 2.43. The van der Waals surface area contributed by atoms with Gasteiger partial charge in [-0.1, -0.05) is 18.2 Å². The molecule has 0 bridgehead atoms. The van der Waals surface area contributed by atoms with Crippen LogP contribution in [0.3, 0.4) is 0 Å². The molecule has 2 aromatic carbocycles. The number of ether oxygens (including phenoxy) is 3. The Labute approximate surface area is 112 Å². The molecule has 0 saturated heterocycles. The molecule has 0 spiro atoms. The van der Waals surface area contributed by atoms with E-state index in [2.05, 4.69) is 13.0 Å². The molecule has 0 N–H and O–H groups in total. The van der Waals surface area contributed by atoms with Crippen molar-refractivity contribution in [3.8, 4) is 28.4 Å². The van der Waals surface area contributed by atoms with Crippen LogP contribution < -0.4 is 14.2 Å². The first-order valence-corrected chi connectivity index (χ1v) is 6.33. The van der Waals surface area contributed by atoms with E-state index in [0.717, 1.165) is 33.9 Å². The third kappa shape index (κ3) is 2.12. The molecule has 0 saturated carbocycles. The van der Waals surface area contributed by atoms with Crippen molar-refractivity contribution in [3.05, 3.63) is 42.0 Å². The largest absolute Gasteiger partial charge is 0.496 e. The number of aryl methyl sites for hydroxylation is 1. The van der Waals surface area contributed by atoms with Crippen molar-refractivity contribution in [1.82, 2.24) is 0 Å². The molecular weight excluding hydrogens is 240 g/mol. The van der Waals surface area contributed by atoms with Gasteiger partial charge in [-0.05, 0) is 30.7 Å². The minimum atomic E-state index is 0.582. The molecule has 0 radical (unpaired) electrons. The van der Waals surface area contributed by atoms with Gasteiger partial charge >= 0.3 is 0 Å². The SMILES string of the molecule is COc1ccccc1-c1cc(C)cc2c1OCCO2. The van der Waals surface area contributed by atoms with Crippen molar-refractivity contribution in [2.75, 3.05) is 20.3 Å². The molecule has 0 atom stereocenters. The van der Waals surface area contributed by atoms with Crippen molar-refractivity contribution in [3.63, 3.8) is 0 Å². The lowest BCUT2D eigenvalue weighted by Gasteiger charge is -2.22. The highest BCUT2D eigenvalue weighted by Gasteiger charge is 2.19. The van der Waals surface area contributed by atoms with E-state index in [1.807, 2.05) is 30.3 Å². The van der Waals surface area contributed by atoms with Crippen LogP contribution in [0, 0.1) is 6.92 Å². The van der Waals surface area contributed by atoms with Crippen molar-refractivity contribution in [2.24, 2.45) is 0 Å². The van der Waals surface area contributed by atoms with Gasteiger partial charge in [0.1, 0.15) is 19.0 Å². The summed E-state index contributed by atoms with van der Waals surface area (Å²) in [5, 5.41) is 0. The molecule has 0 fully saturated rings. The van der Waals surface area contributed by atoms with Crippen LogP contribution in [0.1, 0.15) is 5.56 Å². The fourth-order valence-corrected chi connectivity index (χ4v) is 2.36. The average Bonchev–Trinajstić information content (AvgIpc) is 2.46. The molecule has 3 rings (SSSR count). The zero-order valence-corrected chi connectivity index (χ0v) is 11.1. The molecule has 0 aliphatic carbocycles. The van der Waals surface area contributed by atoms with E-state index in [1.165, 1.54) is 0 Å². The molecule has 3 heteroatoms. The lowest BCUT2D eigenvalue weighted by atomic mass is 10.0. The van der Waals surface area contributed by atoms with Crippen LogP contribution in [0.2, 0.25) is 0 Å². The minimum Gasteiger partial charge on any atom is -0.496 e. The quantitative estimate of drug-likeness (QED) is 0.823. The topological polar surface area (TPSA) is 27.7 Å². The highest BCUT2D eigenvalue weighted by atomic mass is 16.6. The van der Waals surface area contributed by atoms with Gasteiger partial charge in [0.2, 0.25) is 0 Å². The Hall–Kier alpha value is -2.16. The standard InChI is InChI=1S/C16H16O3/c1-11-9-13(12-5-3-4-6-14(12)17-2)16-15(10-11)18-7-8-19-16/h3-6,9-10H,7-8H2,1-2H3. The lowest BCUT2D eigenvalue weighted by Crippen LogP contribution is -2.16. The van der Waals surface area contributed by atoms with Gasteiger partial charge in [0.25, 0.3) is 0 Å². The summed E-state index contributed by atoms with van der Waals surface area (Å²) in [6.07, 6.45) is 0. The van der Waals surface area contributed by atoms with Crippen LogP contribution in [-0.2, 0) is 0 Å². The molecule has 1 aliphatic rings. The summed E-state index contributed by atoms with van der Waals surface area (Å²) in [4.78, 5) is 0.